The first-order chi connectivity index (χ1) is 11.5. The van der Waals surface area contributed by atoms with E-state index in [4.69, 9.17) is 14.2 Å². The van der Waals surface area contributed by atoms with Gasteiger partial charge < -0.3 is 14.2 Å². The van der Waals surface area contributed by atoms with Crippen LogP contribution >= 0.6 is 31.9 Å². The van der Waals surface area contributed by atoms with E-state index in [0.29, 0.717) is 28.4 Å². The van der Waals surface area contributed by atoms with Crippen molar-refractivity contribution < 1.29 is 19.1 Å². The first kappa shape index (κ1) is 15.5. The first-order valence-electron chi connectivity index (χ1n) is 6.94. The minimum atomic E-state index is -0.834. The Morgan fingerprint density at radius 1 is 1.12 bits per heavy atom. The maximum Gasteiger partial charge on any atom is 0.291 e. The highest BCUT2D eigenvalue weighted by molar-refractivity contribution is 9.11. The predicted molar refractivity (Wildman–Crippen MR) is 92.7 cm³/mol. The molecule has 8 heteroatoms. The lowest BCUT2D eigenvalue weighted by atomic mass is 10.0. The molecule has 0 saturated heterocycles. The highest BCUT2D eigenvalue weighted by Gasteiger charge is 2.35. The summed E-state index contributed by atoms with van der Waals surface area (Å²) in [6, 6.07) is 8.79. The molecule has 4 rings (SSSR count). The van der Waals surface area contributed by atoms with E-state index < -0.39 is 11.0 Å². The summed E-state index contributed by atoms with van der Waals surface area (Å²) in [6.45, 7) is 0.144. The molecule has 122 valence electrons. The van der Waals surface area contributed by atoms with Crippen molar-refractivity contribution in [1.82, 2.24) is 0 Å². The molecule has 0 aromatic heterocycles. The SMILES string of the molecule is O=[N+]([O-])C1=Cc2cc(Br)cc(Br)c2OC1c1ccc2c(c1)OCO2. The lowest BCUT2D eigenvalue weighted by molar-refractivity contribution is -0.434. The van der Waals surface area contributed by atoms with Crippen molar-refractivity contribution in [3.8, 4) is 17.2 Å². The van der Waals surface area contributed by atoms with Crippen LogP contribution in [0.3, 0.4) is 0 Å². The zero-order valence-corrected chi connectivity index (χ0v) is 15.2. The summed E-state index contributed by atoms with van der Waals surface area (Å²) in [6.07, 6.45) is 0.698. The zero-order valence-electron chi connectivity index (χ0n) is 12.0. The minimum absolute atomic E-state index is 0.0358. The van der Waals surface area contributed by atoms with Gasteiger partial charge in [-0.05, 0) is 40.2 Å². The molecule has 1 atom stereocenters. The fraction of sp³-hybridized carbons (Fsp3) is 0.125. The van der Waals surface area contributed by atoms with Crippen molar-refractivity contribution in [2.75, 3.05) is 6.79 Å². The van der Waals surface area contributed by atoms with Gasteiger partial charge in [0.1, 0.15) is 5.75 Å². The molecule has 2 aromatic carbocycles. The van der Waals surface area contributed by atoms with Crippen molar-refractivity contribution in [1.29, 1.82) is 0 Å². The summed E-state index contributed by atoms with van der Waals surface area (Å²) in [5.74, 6) is 1.73. The Bertz CT molecular complexity index is 896. The van der Waals surface area contributed by atoms with Crippen LogP contribution in [0.2, 0.25) is 0 Å². The standard InChI is InChI=1S/C16H9Br2NO5/c17-10-3-9-4-12(19(20)21)16(24-15(9)11(18)6-10)8-1-2-13-14(5-8)23-7-22-13/h1-6,16H,7H2. The van der Waals surface area contributed by atoms with Crippen molar-refractivity contribution in [2.24, 2.45) is 0 Å². The molecule has 0 N–H and O–H groups in total. The van der Waals surface area contributed by atoms with E-state index in [0.717, 1.165) is 8.95 Å². The second kappa shape index (κ2) is 5.78. The average molecular weight is 455 g/mol. The topological polar surface area (TPSA) is 70.8 Å². The quantitative estimate of drug-likeness (QED) is 0.486. The monoisotopic (exact) mass is 453 g/mol. The lowest BCUT2D eigenvalue weighted by Crippen LogP contribution is -2.20. The van der Waals surface area contributed by atoms with Gasteiger partial charge in [-0.2, -0.15) is 0 Å². The van der Waals surface area contributed by atoms with Crippen LogP contribution in [0.4, 0.5) is 0 Å². The normalized spacial score (nSPS) is 17.8. The van der Waals surface area contributed by atoms with Gasteiger partial charge in [0, 0.05) is 21.7 Å². The summed E-state index contributed by atoms with van der Waals surface area (Å²) in [7, 11) is 0. The molecular formula is C16H9Br2NO5. The first-order valence-corrected chi connectivity index (χ1v) is 8.53. The van der Waals surface area contributed by atoms with Gasteiger partial charge >= 0.3 is 0 Å². The van der Waals surface area contributed by atoms with E-state index in [1.807, 2.05) is 6.07 Å². The third-order valence-electron chi connectivity index (χ3n) is 3.76. The van der Waals surface area contributed by atoms with Crippen LogP contribution in [0.15, 0.2) is 45.0 Å². The molecule has 6 nitrogen and oxygen atoms in total. The number of hydrogen-bond donors (Lipinski definition) is 0. The Labute approximate surface area is 153 Å². The Morgan fingerprint density at radius 3 is 2.71 bits per heavy atom. The molecule has 24 heavy (non-hydrogen) atoms. The molecule has 0 fully saturated rings. The van der Waals surface area contributed by atoms with Gasteiger partial charge in [-0.3, -0.25) is 10.1 Å². The summed E-state index contributed by atoms with van der Waals surface area (Å²) >= 11 is 6.82. The summed E-state index contributed by atoms with van der Waals surface area (Å²) in [5.41, 5.74) is 1.23. The number of fused-ring (bicyclic) bond motifs is 2. The molecular weight excluding hydrogens is 446 g/mol. The number of hydrogen-bond acceptors (Lipinski definition) is 5. The highest BCUT2D eigenvalue weighted by atomic mass is 79.9. The van der Waals surface area contributed by atoms with Gasteiger partial charge in [-0.25, -0.2) is 0 Å². The highest BCUT2D eigenvalue weighted by Crippen LogP contribution is 2.44. The Kier molecular flexibility index (Phi) is 3.73. The van der Waals surface area contributed by atoms with Crippen LogP contribution in [0.25, 0.3) is 6.08 Å². The summed E-state index contributed by atoms with van der Waals surface area (Å²) in [4.78, 5) is 11.1. The molecule has 0 radical (unpaired) electrons. The van der Waals surface area contributed by atoms with Crippen molar-refractivity contribution in [2.45, 2.75) is 6.10 Å². The lowest BCUT2D eigenvalue weighted by Gasteiger charge is -2.24. The van der Waals surface area contributed by atoms with E-state index >= 15 is 0 Å². The number of ether oxygens (including phenoxy) is 3. The fourth-order valence-electron chi connectivity index (χ4n) is 2.69. The predicted octanol–water partition coefficient (Wildman–Crippen LogP) is 4.69. The van der Waals surface area contributed by atoms with Gasteiger partial charge in [-0.1, -0.05) is 22.0 Å². The maximum absolute atomic E-state index is 11.5. The third-order valence-corrected chi connectivity index (χ3v) is 4.80. The van der Waals surface area contributed by atoms with E-state index in [2.05, 4.69) is 31.9 Å². The number of nitro groups is 1. The molecule has 2 aromatic rings. The molecule has 2 aliphatic rings. The number of halogens is 2. The molecule has 0 amide bonds. The molecule has 0 spiro atoms. The maximum atomic E-state index is 11.5. The van der Waals surface area contributed by atoms with Crippen LogP contribution < -0.4 is 14.2 Å². The van der Waals surface area contributed by atoms with Crippen LogP contribution in [0, 0.1) is 10.1 Å². The van der Waals surface area contributed by atoms with Crippen LogP contribution in [-0.2, 0) is 0 Å². The fourth-order valence-corrected chi connectivity index (χ4v) is 4.04. The van der Waals surface area contributed by atoms with E-state index in [9.17, 15) is 10.1 Å². The molecule has 0 aliphatic carbocycles. The number of rotatable bonds is 2. The molecule has 0 bridgehead atoms. The van der Waals surface area contributed by atoms with Gasteiger partial charge in [-0.15, -0.1) is 0 Å². The van der Waals surface area contributed by atoms with Crippen molar-refractivity contribution >= 4 is 37.9 Å². The Hall–Kier alpha value is -2.06. The van der Waals surface area contributed by atoms with Crippen LogP contribution in [0.1, 0.15) is 17.2 Å². The Morgan fingerprint density at radius 2 is 1.92 bits per heavy atom. The van der Waals surface area contributed by atoms with Crippen molar-refractivity contribution in [3.05, 3.63) is 66.2 Å². The summed E-state index contributed by atoms with van der Waals surface area (Å²) < 4.78 is 18.1. The minimum Gasteiger partial charge on any atom is -0.473 e. The van der Waals surface area contributed by atoms with Gasteiger partial charge in [0.05, 0.1) is 9.40 Å². The van der Waals surface area contributed by atoms with Crippen LogP contribution in [0.5, 0.6) is 17.2 Å². The van der Waals surface area contributed by atoms with Gasteiger partial charge in [0.2, 0.25) is 12.9 Å². The number of nitrogens with zero attached hydrogens (tertiary/aromatic N) is 1. The second-order valence-corrected chi connectivity index (χ2v) is 7.01. The van der Waals surface area contributed by atoms with Gasteiger partial charge in [0.15, 0.2) is 11.5 Å². The molecule has 0 saturated carbocycles. The number of benzene rings is 2. The average Bonchev–Trinajstić information content (AvgIpc) is 3.01. The van der Waals surface area contributed by atoms with E-state index in [-0.39, 0.29) is 12.5 Å². The van der Waals surface area contributed by atoms with Gasteiger partial charge in [0.25, 0.3) is 5.70 Å². The zero-order chi connectivity index (χ0) is 16.8. The Balaban J connectivity index is 1.83. The smallest absolute Gasteiger partial charge is 0.291 e. The second-order valence-electron chi connectivity index (χ2n) is 5.24. The van der Waals surface area contributed by atoms with E-state index in [1.165, 1.54) is 6.08 Å². The summed E-state index contributed by atoms with van der Waals surface area (Å²) in [5, 5.41) is 11.5. The van der Waals surface area contributed by atoms with Crippen LogP contribution in [-0.4, -0.2) is 11.7 Å². The third kappa shape index (κ3) is 2.55. The molecule has 2 heterocycles. The largest absolute Gasteiger partial charge is 0.473 e. The van der Waals surface area contributed by atoms with Crippen molar-refractivity contribution in [3.63, 3.8) is 0 Å². The molecule has 1 unspecified atom stereocenters. The molecule has 2 aliphatic heterocycles. The van der Waals surface area contributed by atoms with E-state index in [1.54, 1.807) is 24.3 Å².